The molecule has 0 radical (unpaired) electrons. The van der Waals surface area contributed by atoms with Gasteiger partial charge in [-0.2, -0.15) is 0 Å². The van der Waals surface area contributed by atoms with Crippen LogP contribution in [0.1, 0.15) is 5.56 Å². The smallest absolute Gasteiger partial charge is 0.164 e. The Hall–Kier alpha value is -7.37. The molecule has 0 saturated carbocycles. The fourth-order valence-corrected chi connectivity index (χ4v) is 8.16. The third-order valence-corrected chi connectivity index (χ3v) is 10.8. The minimum atomic E-state index is 0.404. The standard InChI is InChI=1S/C50H32N4O/c1-3-14-33(15-4-1)48-51-49(41-22-11-16-32-13-7-8-19-37(32)41)53-50(52-48)42-23-12-21-38-40-27-25-35(30-47(40)55-31-44(38)42)34-26-28-46-43(29-34)39-20-9-10-24-45(39)54(46)36-17-5-2-6-18-36/h1-30H,31H2. The van der Waals surface area contributed by atoms with Gasteiger partial charge in [0.1, 0.15) is 12.4 Å². The Kier molecular flexibility index (Phi) is 7.17. The molecule has 3 heterocycles. The first kappa shape index (κ1) is 31.2. The monoisotopic (exact) mass is 704 g/mol. The van der Waals surface area contributed by atoms with Crippen LogP contribution in [-0.4, -0.2) is 19.5 Å². The molecule has 5 heteroatoms. The third-order valence-electron chi connectivity index (χ3n) is 10.8. The van der Waals surface area contributed by atoms with E-state index in [9.17, 15) is 0 Å². The summed E-state index contributed by atoms with van der Waals surface area (Å²) >= 11 is 0. The van der Waals surface area contributed by atoms with Crippen LogP contribution < -0.4 is 4.74 Å². The van der Waals surface area contributed by atoms with Crippen molar-refractivity contribution < 1.29 is 4.74 Å². The van der Waals surface area contributed by atoms with E-state index in [1.165, 1.54) is 21.8 Å². The van der Waals surface area contributed by atoms with Gasteiger partial charge in [0, 0.05) is 44.3 Å². The number of aromatic nitrogens is 4. The molecule has 0 unspecified atom stereocenters. The lowest BCUT2D eigenvalue weighted by atomic mass is 9.91. The Morgan fingerprint density at radius 2 is 1.02 bits per heavy atom. The molecule has 8 aromatic carbocycles. The van der Waals surface area contributed by atoms with E-state index in [1.54, 1.807) is 0 Å². The summed E-state index contributed by atoms with van der Waals surface area (Å²) < 4.78 is 8.95. The van der Waals surface area contributed by atoms with Crippen molar-refractivity contribution >= 4 is 32.6 Å². The molecular weight excluding hydrogens is 673 g/mol. The predicted octanol–water partition coefficient (Wildman–Crippen LogP) is 12.3. The van der Waals surface area contributed by atoms with Crippen molar-refractivity contribution in [3.63, 3.8) is 0 Å². The Morgan fingerprint density at radius 1 is 0.400 bits per heavy atom. The summed E-state index contributed by atoms with van der Waals surface area (Å²) in [5.74, 6) is 2.77. The van der Waals surface area contributed by atoms with Crippen LogP contribution in [0.25, 0.3) is 94.7 Å². The van der Waals surface area contributed by atoms with E-state index in [-0.39, 0.29) is 0 Å². The van der Waals surface area contributed by atoms with Crippen molar-refractivity contribution in [2.45, 2.75) is 6.61 Å². The Bertz CT molecular complexity index is 3090. The first-order valence-corrected chi connectivity index (χ1v) is 18.5. The second-order valence-corrected chi connectivity index (χ2v) is 14.0. The first-order chi connectivity index (χ1) is 27.3. The largest absolute Gasteiger partial charge is 0.488 e. The number of hydrogen-bond donors (Lipinski definition) is 0. The van der Waals surface area contributed by atoms with E-state index < -0.39 is 0 Å². The molecule has 11 rings (SSSR count). The van der Waals surface area contributed by atoms with Crippen molar-refractivity contribution in [1.29, 1.82) is 0 Å². The van der Waals surface area contributed by atoms with E-state index in [1.807, 2.05) is 30.3 Å². The number of rotatable bonds is 5. The zero-order valence-corrected chi connectivity index (χ0v) is 29.7. The summed E-state index contributed by atoms with van der Waals surface area (Å²) in [4.78, 5) is 15.3. The fourth-order valence-electron chi connectivity index (χ4n) is 8.16. The van der Waals surface area contributed by atoms with Crippen LogP contribution >= 0.6 is 0 Å². The summed E-state index contributed by atoms with van der Waals surface area (Å²) in [6, 6.07) is 63.7. The van der Waals surface area contributed by atoms with Gasteiger partial charge in [0.05, 0.1) is 11.0 Å². The predicted molar refractivity (Wildman–Crippen MR) is 223 cm³/mol. The van der Waals surface area contributed by atoms with Crippen molar-refractivity contribution in [3.8, 4) is 67.9 Å². The summed E-state index contributed by atoms with van der Waals surface area (Å²) in [6.45, 7) is 0.404. The van der Waals surface area contributed by atoms with Gasteiger partial charge < -0.3 is 9.30 Å². The van der Waals surface area contributed by atoms with Crippen molar-refractivity contribution in [2.24, 2.45) is 0 Å². The van der Waals surface area contributed by atoms with Gasteiger partial charge in [-0.3, -0.25) is 0 Å². The summed E-state index contributed by atoms with van der Waals surface area (Å²) in [5.41, 5.74) is 11.9. The van der Waals surface area contributed by atoms with Crippen LogP contribution in [-0.2, 0) is 6.61 Å². The molecule has 0 spiro atoms. The highest BCUT2D eigenvalue weighted by Crippen LogP contribution is 2.44. The van der Waals surface area contributed by atoms with Gasteiger partial charge in [0.25, 0.3) is 0 Å². The molecule has 0 atom stereocenters. The van der Waals surface area contributed by atoms with Crippen LogP contribution in [0.4, 0.5) is 0 Å². The summed E-state index contributed by atoms with van der Waals surface area (Å²) in [6.07, 6.45) is 0. The normalized spacial score (nSPS) is 12.1. The SMILES string of the molecule is c1ccc(-c2nc(-c3cccc4c3COc3cc(-c5ccc6c(c5)c5ccccc5n6-c5ccccc5)ccc3-4)nc(-c3cccc4ccccc34)n2)cc1. The molecule has 258 valence electrons. The molecule has 0 fully saturated rings. The molecule has 0 N–H and O–H groups in total. The van der Waals surface area contributed by atoms with Gasteiger partial charge in [0.2, 0.25) is 0 Å². The van der Waals surface area contributed by atoms with Crippen LogP contribution in [0, 0.1) is 0 Å². The second kappa shape index (κ2) is 12.6. The molecule has 0 amide bonds. The zero-order chi connectivity index (χ0) is 36.3. The second-order valence-electron chi connectivity index (χ2n) is 14.0. The van der Waals surface area contributed by atoms with Crippen LogP contribution in [0.15, 0.2) is 182 Å². The fraction of sp³-hybridized carbons (Fsp3) is 0.0200. The molecule has 1 aliphatic rings. The van der Waals surface area contributed by atoms with E-state index in [0.29, 0.717) is 24.1 Å². The highest BCUT2D eigenvalue weighted by atomic mass is 16.5. The maximum absolute atomic E-state index is 6.61. The zero-order valence-electron chi connectivity index (χ0n) is 29.7. The lowest BCUT2D eigenvalue weighted by molar-refractivity contribution is 0.303. The maximum Gasteiger partial charge on any atom is 0.164 e. The average Bonchev–Trinajstić information content (AvgIpc) is 3.60. The quantitative estimate of drug-likeness (QED) is 0.179. The summed E-state index contributed by atoms with van der Waals surface area (Å²) in [7, 11) is 0. The van der Waals surface area contributed by atoms with Crippen molar-refractivity contribution in [3.05, 3.63) is 188 Å². The van der Waals surface area contributed by atoms with Crippen LogP contribution in [0.5, 0.6) is 5.75 Å². The highest BCUT2D eigenvalue weighted by Gasteiger charge is 2.24. The molecule has 0 saturated heterocycles. The summed E-state index contributed by atoms with van der Waals surface area (Å²) in [5, 5.41) is 4.70. The number of hydrogen-bond acceptors (Lipinski definition) is 4. The molecule has 10 aromatic rings. The minimum absolute atomic E-state index is 0.404. The molecule has 5 nitrogen and oxygen atoms in total. The van der Waals surface area contributed by atoms with Crippen molar-refractivity contribution in [1.82, 2.24) is 19.5 Å². The maximum atomic E-state index is 6.61. The Balaban J connectivity index is 1.01. The van der Waals surface area contributed by atoms with Crippen molar-refractivity contribution in [2.75, 3.05) is 0 Å². The highest BCUT2D eigenvalue weighted by molar-refractivity contribution is 6.10. The number of nitrogens with zero attached hydrogens (tertiary/aromatic N) is 4. The van der Waals surface area contributed by atoms with E-state index in [4.69, 9.17) is 19.7 Å². The molecule has 55 heavy (non-hydrogen) atoms. The van der Waals surface area contributed by atoms with Gasteiger partial charge in [-0.15, -0.1) is 0 Å². The van der Waals surface area contributed by atoms with Gasteiger partial charge in [0.15, 0.2) is 17.5 Å². The number of benzene rings is 8. The van der Waals surface area contributed by atoms with E-state index in [2.05, 4.69) is 156 Å². The lowest BCUT2D eigenvalue weighted by Crippen LogP contribution is -2.09. The Labute approximate surface area is 317 Å². The first-order valence-electron chi connectivity index (χ1n) is 18.5. The number of para-hydroxylation sites is 2. The third kappa shape index (κ3) is 5.20. The van der Waals surface area contributed by atoms with E-state index >= 15 is 0 Å². The van der Waals surface area contributed by atoms with Gasteiger partial charge in [-0.1, -0.05) is 146 Å². The van der Waals surface area contributed by atoms with Crippen LogP contribution in [0.3, 0.4) is 0 Å². The number of fused-ring (bicyclic) bond motifs is 7. The molecule has 2 aromatic heterocycles. The molecular formula is C50H32N4O. The van der Waals surface area contributed by atoms with Gasteiger partial charge in [-0.25, -0.2) is 15.0 Å². The van der Waals surface area contributed by atoms with Crippen LogP contribution in [0.2, 0.25) is 0 Å². The van der Waals surface area contributed by atoms with Gasteiger partial charge >= 0.3 is 0 Å². The van der Waals surface area contributed by atoms with Gasteiger partial charge in [-0.05, 0) is 63.9 Å². The average molecular weight is 705 g/mol. The van der Waals surface area contributed by atoms with E-state index in [0.717, 1.165) is 66.7 Å². The molecule has 0 aliphatic carbocycles. The lowest BCUT2D eigenvalue weighted by Gasteiger charge is -2.24. The topological polar surface area (TPSA) is 52.8 Å². The molecule has 0 bridgehead atoms. The minimum Gasteiger partial charge on any atom is -0.488 e. The number of ether oxygens (including phenoxy) is 1. The molecule has 1 aliphatic heterocycles. The Morgan fingerprint density at radius 3 is 1.89 bits per heavy atom.